The van der Waals surface area contributed by atoms with Gasteiger partial charge < -0.3 is 5.32 Å². The lowest BCUT2D eigenvalue weighted by Crippen LogP contribution is -2.16. The molecule has 0 amide bonds. The maximum atomic E-state index is 6.13. The second-order valence-electron chi connectivity index (χ2n) is 4.11. The average Bonchev–Trinajstić information content (AvgIpc) is 2.82. The molecule has 0 aliphatic rings. The molecule has 1 N–H and O–H groups in total. The minimum atomic E-state index is 0.402. The normalized spacial score (nSPS) is 12.7. The molecule has 0 aliphatic heterocycles. The van der Waals surface area contributed by atoms with Crippen LogP contribution in [-0.4, -0.2) is 6.54 Å². The van der Waals surface area contributed by atoms with Gasteiger partial charge in [0.2, 0.25) is 0 Å². The van der Waals surface area contributed by atoms with E-state index in [2.05, 4.69) is 53.3 Å². The summed E-state index contributed by atoms with van der Waals surface area (Å²) < 4.78 is 0.936. The van der Waals surface area contributed by atoms with Crippen LogP contribution in [0, 0.1) is 0 Å². The van der Waals surface area contributed by atoms with Gasteiger partial charge in [-0.25, -0.2) is 0 Å². The Bertz CT molecular complexity index is 538. The highest BCUT2D eigenvalue weighted by atomic mass is 79.9. The maximum absolute atomic E-state index is 6.13. The van der Waals surface area contributed by atoms with Crippen LogP contribution >= 0.6 is 38.9 Å². The average molecular weight is 345 g/mol. The topological polar surface area (TPSA) is 12.0 Å². The van der Waals surface area contributed by atoms with E-state index in [1.54, 1.807) is 0 Å². The van der Waals surface area contributed by atoms with Crippen LogP contribution in [0.4, 0.5) is 0 Å². The lowest BCUT2D eigenvalue weighted by Gasteiger charge is -2.09. The molecule has 96 valence electrons. The highest BCUT2D eigenvalue weighted by Gasteiger charge is 2.09. The summed E-state index contributed by atoms with van der Waals surface area (Å²) in [6.45, 7) is 5.30. The van der Waals surface area contributed by atoms with Crippen molar-refractivity contribution in [2.75, 3.05) is 6.54 Å². The number of benzene rings is 1. The molecule has 1 unspecified atom stereocenters. The lowest BCUT2D eigenvalue weighted by molar-refractivity contribution is 0.607. The van der Waals surface area contributed by atoms with Crippen molar-refractivity contribution in [2.24, 2.45) is 0 Å². The Balaban J connectivity index is 2.26. The number of rotatable bonds is 4. The molecule has 0 aliphatic carbocycles. The molecule has 0 fully saturated rings. The van der Waals surface area contributed by atoms with Crippen molar-refractivity contribution in [3.63, 3.8) is 0 Å². The predicted octanol–water partition coefficient (Wildman–Crippen LogP) is 5.50. The van der Waals surface area contributed by atoms with Crippen molar-refractivity contribution < 1.29 is 0 Å². The van der Waals surface area contributed by atoms with E-state index in [1.165, 1.54) is 15.3 Å². The predicted molar refractivity (Wildman–Crippen MR) is 84.6 cm³/mol. The van der Waals surface area contributed by atoms with Gasteiger partial charge in [-0.1, -0.05) is 24.6 Å². The fourth-order valence-corrected chi connectivity index (χ4v) is 3.26. The molecule has 0 spiro atoms. The Morgan fingerprint density at radius 3 is 2.78 bits per heavy atom. The molecule has 0 radical (unpaired) electrons. The third kappa shape index (κ3) is 3.15. The van der Waals surface area contributed by atoms with Gasteiger partial charge >= 0.3 is 0 Å². The quantitative estimate of drug-likeness (QED) is 0.772. The Morgan fingerprint density at radius 2 is 2.11 bits per heavy atom. The molecule has 1 heterocycles. The Labute approximate surface area is 125 Å². The first-order valence-corrected chi connectivity index (χ1v) is 7.89. The third-order valence-corrected chi connectivity index (χ3v) is 5.32. The highest BCUT2D eigenvalue weighted by molar-refractivity contribution is 9.10. The summed E-state index contributed by atoms with van der Waals surface area (Å²) in [5.41, 5.74) is 1.17. The van der Waals surface area contributed by atoms with Crippen LogP contribution in [0.25, 0.3) is 10.4 Å². The fraction of sp³-hybridized carbons (Fsp3) is 0.286. The van der Waals surface area contributed by atoms with Crippen LogP contribution in [-0.2, 0) is 0 Å². The minimum absolute atomic E-state index is 0.402. The van der Waals surface area contributed by atoms with Crippen LogP contribution < -0.4 is 5.32 Å². The van der Waals surface area contributed by atoms with Crippen LogP contribution in [0.2, 0.25) is 5.02 Å². The van der Waals surface area contributed by atoms with E-state index in [0.29, 0.717) is 6.04 Å². The summed E-state index contributed by atoms with van der Waals surface area (Å²) in [6, 6.07) is 10.8. The smallest absolute Gasteiger partial charge is 0.0554 e. The first-order valence-electron chi connectivity index (χ1n) is 5.90. The van der Waals surface area contributed by atoms with Gasteiger partial charge in [0, 0.05) is 20.3 Å². The molecule has 0 saturated carbocycles. The monoisotopic (exact) mass is 343 g/mol. The Hall–Kier alpha value is -0.350. The second kappa shape index (κ2) is 6.20. The van der Waals surface area contributed by atoms with Gasteiger partial charge in [-0.3, -0.25) is 0 Å². The third-order valence-electron chi connectivity index (χ3n) is 2.77. The summed E-state index contributed by atoms with van der Waals surface area (Å²) in [6.07, 6.45) is 0. The summed E-state index contributed by atoms with van der Waals surface area (Å²) in [7, 11) is 0. The van der Waals surface area contributed by atoms with E-state index in [9.17, 15) is 0 Å². The molecule has 4 heteroatoms. The number of nitrogens with one attached hydrogen (secondary N) is 1. The largest absolute Gasteiger partial charge is 0.310 e. The van der Waals surface area contributed by atoms with Gasteiger partial charge in [0.25, 0.3) is 0 Å². The van der Waals surface area contributed by atoms with Gasteiger partial charge in [0.1, 0.15) is 0 Å². The fourth-order valence-electron chi connectivity index (χ4n) is 1.80. The second-order valence-corrected chi connectivity index (χ2v) is 6.49. The molecular weight excluding hydrogens is 330 g/mol. The SMILES string of the molecule is CCNC(C)c1ccc(-c2ccc(Br)c(Cl)c2)s1. The molecule has 2 rings (SSSR count). The van der Waals surface area contributed by atoms with Gasteiger partial charge in [0.05, 0.1) is 5.02 Å². The van der Waals surface area contributed by atoms with Gasteiger partial charge in [-0.05, 0) is 59.2 Å². The lowest BCUT2D eigenvalue weighted by atomic mass is 10.2. The van der Waals surface area contributed by atoms with Gasteiger partial charge in [-0.15, -0.1) is 11.3 Å². The molecule has 0 bridgehead atoms. The number of thiophene rings is 1. The number of hydrogen-bond donors (Lipinski definition) is 1. The van der Waals surface area contributed by atoms with Crippen molar-refractivity contribution in [1.29, 1.82) is 0 Å². The summed E-state index contributed by atoms with van der Waals surface area (Å²) in [5, 5.41) is 4.18. The molecule has 1 nitrogen and oxygen atoms in total. The van der Waals surface area contributed by atoms with E-state index in [-0.39, 0.29) is 0 Å². The van der Waals surface area contributed by atoms with Crippen molar-refractivity contribution in [1.82, 2.24) is 5.32 Å². The molecule has 2 aromatic rings. The van der Waals surface area contributed by atoms with E-state index in [4.69, 9.17) is 11.6 Å². The van der Waals surface area contributed by atoms with E-state index in [1.807, 2.05) is 23.5 Å². The molecule has 1 atom stereocenters. The molecular formula is C14H15BrClNS. The van der Waals surface area contributed by atoms with E-state index < -0.39 is 0 Å². The number of halogens is 2. The van der Waals surface area contributed by atoms with Crippen LogP contribution in [0.3, 0.4) is 0 Å². The standard InChI is InChI=1S/C14H15BrClNS/c1-3-17-9(2)13-6-7-14(18-13)10-4-5-11(15)12(16)8-10/h4-9,17H,3H2,1-2H3. The zero-order chi connectivity index (χ0) is 13.1. The van der Waals surface area contributed by atoms with E-state index in [0.717, 1.165) is 16.0 Å². The van der Waals surface area contributed by atoms with Crippen molar-refractivity contribution in [2.45, 2.75) is 19.9 Å². The van der Waals surface area contributed by atoms with Crippen molar-refractivity contribution in [3.8, 4) is 10.4 Å². The van der Waals surface area contributed by atoms with Gasteiger partial charge in [0.15, 0.2) is 0 Å². The summed E-state index contributed by atoms with van der Waals surface area (Å²) in [5.74, 6) is 0. The molecule has 1 aromatic carbocycles. The van der Waals surface area contributed by atoms with Crippen LogP contribution in [0.15, 0.2) is 34.8 Å². The Morgan fingerprint density at radius 1 is 1.33 bits per heavy atom. The number of hydrogen-bond acceptors (Lipinski definition) is 2. The summed E-state index contributed by atoms with van der Waals surface area (Å²) in [4.78, 5) is 2.61. The summed E-state index contributed by atoms with van der Waals surface area (Å²) >= 11 is 11.4. The van der Waals surface area contributed by atoms with Crippen molar-refractivity contribution >= 4 is 38.9 Å². The first kappa shape index (κ1) is 14.1. The molecule has 0 saturated heterocycles. The zero-order valence-electron chi connectivity index (χ0n) is 10.3. The maximum Gasteiger partial charge on any atom is 0.0554 e. The highest BCUT2D eigenvalue weighted by Crippen LogP contribution is 2.34. The van der Waals surface area contributed by atoms with Crippen LogP contribution in [0.1, 0.15) is 24.8 Å². The minimum Gasteiger partial charge on any atom is -0.310 e. The van der Waals surface area contributed by atoms with Gasteiger partial charge in [-0.2, -0.15) is 0 Å². The molecule has 18 heavy (non-hydrogen) atoms. The first-order chi connectivity index (χ1) is 8.61. The van der Waals surface area contributed by atoms with Crippen molar-refractivity contribution in [3.05, 3.63) is 44.7 Å². The Kier molecular flexibility index (Phi) is 4.84. The molecule has 1 aromatic heterocycles. The van der Waals surface area contributed by atoms with E-state index >= 15 is 0 Å². The van der Waals surface area contributed by atoms with Crippen LogP contribution in [0.5, 0.6) is 0 Å². The zero-order valence-corrected chi connectivity index (χ0v) is 13.5.